The van der Waals surface area contributed by atoms with Crippen molar-refractivity contribution in [3.63, 3.8) is 0 Å². The molecule has 0 aliphatic rings. The van der Waals surface area contributed by atoms with E-state index in [0.29, 0.717) is 12.5 Å². The number of rotatable bonds is 2. The molecule has 0 aliphatic carbocycles. The summed E-state index contributed by atoms with van der Waals surface area (Å²) in [7, 11) is 0. The molecule has 1 aromatic carbocycles. The van der Waals surface area contributed by atoms with Crippen molar-refractivity contribution in [1.82, 2.24) is 14.5 Å². The molecule has 0 aliphatic heterocycles. The Morgan fingerprint density at radius 3 is 2.61 bits per heavy atom. The first-order chi connectivity index (χ1) is 8.74. The van der Waals surface area contributed by atoms with Crippen molar-refractivity contribution in [2.75, 3.05) is 5.73 Å². The van der Waals surface area contributed by atoms with E-state index in [1.54, 1.807) is 0 Å². The molecule has 4 nitrogen and oxygen atoms in total. The fourth-order valence-corrected chi connectivity index (χ4v) is 2.04. The van der Waals surface area contributed by atoms with E-state index in [1.807, 2.05) is 41.8 Å². The second-order valence-electron chi connectivity index (χ2n) is 4.34. The van der Waals surface area contributed by atoms with Crippen molar-refractivity contribution in [2.24, 2.45) is 0 Å². The number of pyridine rings is 1. The lowest BCUT2D eigenvalue weighted by Gasteiger charge is -2.06. The zero-order valence-electron chi connectivity index (χ0n) is 10.2. The minimum atomic E-state index is 0.506. The summed E-state index contributed by atoms with van der Waals surface area (Å²) in [6.07, 6.45) is 0. The van der Waals surface area contributed by atoms with Crippen LogP contribution >= 0.6 is 0 Å². The summed E-state index contributed by atoms with van der Waals surface area (Å²) in [6.45, 7) is 2.66. The van der Waals surface area contributed by atoms with E-state index in [-0.39, 0.29) is 0 Å². The van der Waals surface area contributed by atoms with E-state index >= 15 is 0 Å². The highest BCUT2D eigenvalue weighted by Crippen LogP contribution is 2.17. The van der Waals surface area contributed by atoms with Gasteiger partial charge in [0.1, 0.15) is 5.52 Å². The topological polar surface area (TPSA) is 56.7 Å². The van der Waals surface area contributed by atoms with E-state index < -0.39 is 0 Å². The molecular weight excluding hydrogens is 224 g/mol. The van der Waals surface area contributed by atoms with Crippen LogP contribution < -0.4 is 5.73 Å². The summed E-state index contributed by atoms with van der Waals surface area (Å²) in [5.74, 6) is 0.506. The smallest absolute Gasteiger partial charge is 0.202 e. The number of nitrogens with two attached hydrogens (primary N) is 1. The van der Waals surface area contributed by atoms with Crippen LogP contribution in [-0.2, 0) is 6.54 Å². The van der Waals surface area contributed by atoms with Crippen molar-refractivity contribution < 1.29 is 0 Å². The van der Waals surface area contributed by atoms with Gasteiger partial charge in [-0.25, -0.2) is 9.97 Å². The van der Waals surface area contributed by atoms with Gasteiger partial charge in [0.05, 0.1) is 6.54 Å². The standard InChI is InChI=1S/C14H14N4/c1-10-7-8-12-13(16-10)18(14(15)17-12)9-11-5-3-2-4-6-11/h2-8H,9H2,1H3,(H2,15,17). The third-order valence-electron chi connectivity index (χ3n) is 2.94. The Labute approximate surface area is 105 Å². The van der Waals surface area contributed by atoms with Gasteiger partial charge in [-0.1, -0.05) is 30.3 Å². The summed E-state index contributed by atoms with van der Waals surface area (Å²) in [4.78, 5) is 8.84. The van der Waals surface area contributed by atoms with Crippen LogP contribution in [0.5, 0.6) is 0 Å². The molecule has 0 atom stereocenters. The lowest BCUT2D eigenvalue weighted by Crippen LogP contribution is -2.05. The maximum atomic E-state index is 5.96. The summed E-state index contributed by atoms with van der Waals surface area (Å²) in [5, 5.41) is 0. The highest BCUT2D eigenvalue weighted by Gasteiger charge is 2.09. The normalized spacial score (nSPS) is 10.9. The lowest BCUT2D eigenvalue weighted by molar-refractivity contribution is 0.826. The molecule has 0 amide bonds. The molecule has 2 N–H and O–H groups in total. The fraction of sp³-hybridized carbons (Fsp3) is 0.143. The van der Waals surface area contributed by atoms with Crippen molar-refractivity contribution in [3.05, 3.63) is 53.7 Å². The average Bonchev–Trinajstić information content (AvgIpc) is 2.67. The van der Waals surface area contributed by atoms with Crippen LogP contribution in [0, 0.1) is 6.92 Å². The van der Waals surface area contributed by atoms with Gasteiger partial charge in [0.2, 0.25) is 5.95 Å². The lowest BCUT2D eigenvalue weighted by atomic mass is 10.2. The van der Waals surface area contributed by atoms with Crippen molar-refractivity contribution >= 4 is 17.1 Å². The van der Waals surface area contributed by atoms with Crippen LogP contribution in [-0.4, -0.2) is 14.5 Å². The molecule has 3 aromatic rings. The number of nitrogen functional groups attached to an aromatic ring is 1. The Kier molecular flexibility index (Phi) is 2.48. The molecule has 90 valence electrons. The van der Waals surface area contributed by atoms with Crippen LogP contribution in [0.4, 0.5) is 5.95 Å². The first-order valence-corrected chi connectivity index (χ1v) is 5.87. The monoisotopic (exact) mass is 238 g/mol. The second kappa shape index (κ2) is 4.14. The molecule has 0 saturated heterocycles. The SMILES string of the molecule is Cc1ccc2nc(N)n(Cc3ccccc3)c2n1. The van der Waals surface area contributed by atoms with Crippen LogP contribution in [0.3, 0.4) is 0 Å². The highest BCUT2D eigenvalue weighted by molar-refractivity contribution is 5.74. The summed E-state index contributed by atoms with van der Waals surface area (Å²) in [6, 6.07) is 14.1. The predicted molar refractivity (Wildman–Crippen MR) is 72.2 cm³/mol. The minimum Gasteiger partial charge on any atom is -0.369 e. The molecule has 2 heterocycles. The van der Waals surface area contributed by atoms with Gasteiger partial charge in [-0.2, -0.15) is 0 Å². The summed E-state index contributed by atoms with van der Waals surface area (Å²) < 4.78 is 1.94. The molecule has 0 saturated carbocycles. The third-order valence-corrected chi connectivity index (χ3v) is 2.94. The number of fused-ring (bicyclic) bond motifs is 1. The number of aromatic nitrogens is 3. The molecule has 18 heavy (non-hydrogen) atoms. The molecule has 2 aromatic heterocycles. The number of benzene rings is 1. The molecule has 0 fully saturated rings. The average molecular weight is 238 g/mol. The van der Waals surface area contributed by atoms with Crippen molar-refractivity contribution in [3.8, 4) is 0 Å². The van der Waals surface area contributed by atoms with E-state index in [9.17, 15) is 0 Å². The number of hydrogen-bond acceptors (Lipinski definition) is 3. The largest absolute Gasteiger partial charge is 0.369 e. The Morgan fingerprint density at radius 1 is 1.06 bits per heavy atom. The van der Waals surface area contributed by atoms with Crippen molar-refractivity contribution in [2.45, 2.75) is 13.5 Å². The zero-order valence-corrected chi connectivity index (χ0v) is 10.2. The van der Waals surface area contributed by atoms with E-state index in [0.717, 1.165) is 16.9 Å². The third kappa shape index (κ3) is 1.82. The Bertz CT molecular complexity index is 686. The Morgan fingerprint density at radius 2 is 1.83 bits per heavy atom. The number of hydrogen-bond donors (Lipinski definition) is 1. The van der Waals surface area contributed by atoms with Crippen LogP contribution in [0.2, 0.25) is 0 Å². The summed E-state index contributed by atoms with van der Waals surface area (Å²) in [5.41, 5.74) is 9.80. The van der Waals surface area contributed by atoms with Crippen molar-refractivity contribution in [1.29, 1.82) is 0 Å². The van der Waals surface area contributed by atoms with E-state index in [4.69, 9.17) is 5.73 Å². The van der Waals surface area contributed by atoms with Gasteiger partial charge in [0.25, 0.3) is 0 Å². The van der Waals surface area contributed by atoms with Crippen LogP contribution in [0.15, 0.2) is 42.5 Å². The zero-order chi connectivity index (χ0) is 12.5. The molecular formula is C14H14N4. The van der Waals surface area contributed by atoms with Gasteiger partial charge >= 0.3 is 0 Å². The van der Waals surface area contributed by atoms with Gasteiger partial charge in [-0.3, -0.25) is 4.57 Å². The van der Waals surface area contributed by atoms with Gasteiger partial charge in [-0.15, -0.1) is 0 Å². The Balaban J connectivity index is 2.11. The van der Waals surface area contributed by atoms with Crippen LogP contribution in [0.1, 0.15) is 11.3 Å². The quantitative estimate of drug-likeness (QED) is 0.745. The number of aryl methyl sites for hydroxylation is 1. The van der Waals surface area contributed by atoms with Gasteiger partial charge in [0, 0.05) is 5.69 Å². The summed E-state index contributed by atoms with van der Waals surface area (Å²) >= 11 is 0. The fourth-order valence-electron chi connectivity index (χ4n) is 2.04. The van der Waals surface area contributed by atoms with Crippen LogP contribution in [0.25, 0.3) is 11.2 Å². The predicted octanol–water partition coefficient (Wildman–Crippen LogP) is 2.37. The number of imidazole rings is 1. The maximum Gasteiger partial charge on any atom is 0.202 e. The molecule has 3 rings (SSSR count). The van der Waals surface area contributed by atoms with E-state index in [2.05, 4.69) is 22.1 Å². The van der Waals surface area contributed by atoms with E-state index in [1.165, 1.54) is 5.56 Å². The minimum absolute atomic E-state index is 0.506. The maximum absolute atomic E-state index is 5.96. The first kappa shape index (κ1) is 10.8. The molecule has 0 unspecified atom stereocenters. The van der Waals surface area contributed by atoms with Gasteiger partial charge < -0.3 is 5.73 Å². The first-order valence-electron chi connectivity index (χ1n) is 5.87. The number of nitrogens with zero attached hydrogens (tertiary/aromatic N) is 3. The second-order valence-corrected chi connectivity index (χ2v) is 4.34. The molecule has 0 bridgehead atoms. The highest BCUT2D eigenvalue weighted by atomic mass is 15.2. The molecule has 4 heteroatoms. The molecule has 0 radical (unpaired) electrons. The number of anilines is 1. The Hall–Kier alpha value is -2.36. The van der Waals surface area contributed by atoms with Gasteiger partial charge in [0.15, 0.2) is 5.65 Å². The van der Waals surface area contributed by atoms with Gasteiger partial charge in [-0.05, 0) is 24.6 Å². The molecule has 0 spiro atoms.